The number of likely N-dealkylation sites (tertiary alicyclic amines) is 1. The molecule has 24 heavy (non-hydrogen) atoms. The number of nitrogens with zero attached hydrogens (tertiary/aromatic N) is 1. The first-order valence-corrected chi connectivity index (χ1v) is 8.79. The summed E-state index contributed by atoms with van der Waals surface area (Å²) in [4.78, 5) is 25.6. The lowest BCUT2D eigenvalue weighted by Crippen LogP contribution is -2.39. The fraction of sp³-hybridized carbons (Fsp3) is 0.500. The van der Waals surface area contributed by atoms with Gasteiger partial charge in [-0.3, -0.25) is 9.59 Å². The minimum Gasteiger partial charge on any atom is -0.333 e. The third kappa shape index (κ3) is 5.35. The van der Waals surface area contributed by atoms with Gasteiger partial charge < -0.3 is 10.2 Å². The Kier molecular flexibility index (Phi) is 6.47. The molecule has 132 valence electrons. The van der Waals surface area contributed by atoms with Gasteiger partial charge >= 0.3 is 6.18 Å². The van der Waals surface area contributed by atoms with Gasteiger partial charge in [0.25, 0.3) is 0 Å². The molecule has 0 aromatic heterocycles. The molecule has 1 aromatic carbocycles. The molecule has 1 aliphatic heterocycles. The molecule has 2 amide bonds. The van der Waals surface area contributed by atoms with E-state index in [9.17, 15) is 22.8 Å². The topological polar surface area (TPSA) is 49.4 Å². The largest absolute Gasteiger partial charge is 0.416 e. The first-order valence-electron chi connectivity index (χ1n) is 7.72. The Morgan fingerprint density at radius 2 is 1.92 bits per heavy atom. The molecule has 0 unspecified atom stereocenters. The third-order valence-electron chi connectivity index (χ3n) is 3.82. The second-order valence-corrected chi connectivity index (χ2v) is 6.88. The molecule has 0 bridgehead atoms. The summed E-state index contributed by atoms with van der Waals surface area (Å²) in [5.74, 6) is -0.565. The fourth-order valence-electron chi connectivity index (χ4n) is 2.54. The monoisotopic (exact) mass is 454 g/mol. The van der Waals surface area contributed by atoms with Crippen LogP contribution in [0.4, 0.5) is 18.9 Å². The van der Waals surface area contributed by atoms with Crippen molar-refractivity contribution >= 4 is 40.1 Å². The van der Waals surface area contributed by atoms with Gasteiger partial charge in [0, 0.05) is 16.5 Å². The van der Waals surface area contributed by atoms with E-state index in [1.165, 1.54) is 11.0 Å². The van der Waals surface area contributed by atoms with Crippen LogP contribution < -0.4 is 5.32 Å². The van der Waals surface area contributed by atoms with Crippen molar-refractivity contribution in [3.8, 4) is 0 Å². The van der Waals surface area contributed by atoms with Crippen molar-refractivity contribution in [1.29, 1.82) is 0 Å². The second-order valence-electron chi connectivity index (χ2n) is 5.72. The van der Waals surface area contributed by atoms with Gasteiger partial charge in [0.2, 0.25) is 11.8 Å². The molecule has 1 fully saturated rings. The van der Waals surface area contributed by atoms with Crippen LogP contribution in [0.3, 0.4) is 0 Å². The van der Waals surface area contributed by atoms with Crippen LogP contribution in [0, 0.1) is 3.57 Å². The van der Waals surface area contributed by atoms with E-state index in [4.69, 9.17) is 0 Å². The number of carbonyl (C=O) groups is 2. The summed E-state index contributed by atoms with van der Waals surface area (Å²) in [7, 11) is 0. The summed E-state index contributed by atoms with van der Waals surface area (Å²) in [5, 5.41) is 2.49. The molecule has 0 spiro atoms. The van der Waals surface area contributed by atoms with Crippen molar-refractivity contribution in [3.05, 3.63) is 27.3 Å². The van der Waals surface area contributed by atoms with Crippen molar-refractivity contribution < 1.29 is 22.8 Å². The number of hydrogen-bond donors (Lipinski definition) is 1. The van der Waals surface area contributed by atoms with Crippen LogP contribution in [0.25, 0.3) is 0 Å². The number of hydrogen-bond acceptors (Lipinski definition) is 2. The van der Waals surface area contributed by atoms with E-state index in [1.54, 1.807) is 0 Å². The summed E-state index contributed by atoms with van der Waals surface area (Å²) in [6, 6.07) is 3.19. The number of nitrogens with one attached hydrogen (secondary N) is 1. The van der Waals surface area contributed by atoms with Crippen molar-refractivity contribution in [2.75, 3.05) is 18.4 Å². The number of carbonyl (C=O) groups excluding carboxylic acids is 2. The van der Waals surface area contributed by atoms with Gasteiger partial charge in [0.1, 0.15) is 0 Å². The van der Waals surface area contributed by atoms with Crippen LogP contribution in [-0.2, 0) is 15.8 Å². The van der Waals surface area contributed by atoms with E-state index < -0.39 is 17.6 Å². The smallest absolute Gasteiger partial charge is 0.333 e. The normalized spacial score (nSPS) is 16.5. The lowest BCUT2D eigenvalue weighted by molar-refractivity contribution is -0.137. The predicted octanol–water partition coefficient (Wildman–Crippen LogP) is 4.04. The average molecular weight is 454 g/mol. The minimum atomic E-state index is -4.47. The molecule has 4 nitrogen and oxygen atoms in total. The van der Waals surface area contributed by atoms with Crippen LogP contribution in [0.2, 0.25) is 0 Å². The van der Waals surface area contributed by atoms with Gasteiger partial charge in [-0.15, -0.1) is 0 Å². The van der Waals surface area contributed by atoms with Gasteiger partial charge in [-0.2, -0.15) is 13.2 Å². The number of halogens is 4. The highest BCUT2D eigenvalue weighted by Gasteiger charge is 2.31. The van der Waals surface area contributed by atoms with E-state index in [0.717, 1.165) is 37.8 Å². The number of rotatable bonds is 3. The highest BCUT2D eigenvalue weighted by molar-refractivity contribution is 14.1. The van der Waals surface area contributed by atoms with Gasteiger partial charge in [-0.25, -0.2) is 0 Å². The molecular weight excluding hydrogens is 436 g/mol. The lowest BCUT2D eigenvalue weighted by atomic mass is 10.1. The van der Waals surface area contributed by atoms with E-state index in [-0.39, 0.29) is 18.1 Å². The van der Waals surface area contributed by atoms with E-state index in [0.29, 0.717) is 16.5 Å². The zero-order valence-electron chi connectivity index (χ0n) is 13.0. The first-order chi connectivity index (χ1) is 11.3. The molecule has 0 saturated carbocycles. The molecule has 8 heteroatoms. The molecule has 1 aliphatic rings. The van der Waals surface area contributed by atoms with Crippen molar-refractivity contribution in [2.24, 2.45) is 0 Å². The van der Waals surface area contributed by atoms with Crippen LogP contribution in [0.15, 0.2) is 18.2 Å². The highest BCUT2D eigenvalue weighted by atomic mass is 127. The number of benzene rings is 1. The van der Waals surface area contributed by atoms with Gasteiger partial charge in [0.05, 0.1) is 17.8 Å². The van der Waals surface area contributed by atoms with Gasteiger partial charge in [-0.05, 0) is 53.6 Å². The Balaban J connectivity index is 2.04. The van der Waals surface area contributed by atoms with E-state index in [2.05, 4.69) is 5.32 Å². The van der Waals surface area contributed by atoms with Gasteiger partial charge in [0.15, 0.2) is 0 Å². The standard InChI is InChI=1S/C16H18F3IN2O2/c17-16(18,19)11-6-7-12(20)13(9-11)21-14(23)10-22-8-4-2-1-3-5-15(22)24/h6-7,9H,1-5,8,10H2,(H,21,23). The van der Waals surface area contributed by atoms with E-state index in [1.807, 2.05) is 22.6 Å². The fourth-order valence-corrected chi connectivity index (χ4v) is 3.01. The van der Waals surface area contributed by atoms with Crippen molar-refractivity contribution in [2.45, 2.75) is 38.3 Å². The van der Waals surface area contributed by atoms with E-state index >= 15 is 0 Å². The SMILES string of the molecule is O=C(CN1CCCCCCC1=O)Nc1cc(C(F)(F)F)ccc1I. The zero-order valence-corrected chi connectivity index (χ0v) is 15.1. The van der Waals surface area contributed by atoms with Crippen LogP contribution in [-0.4, -0.2) is 29.8 Å². The van der Waals surface area contributed by atoms with Crippen LogP contribution in [0.5, 0.6) is 0 Å². The summed E-state index contributed by atoms with van der Waals surface area (Å²) in [6.45, 7) is 0.372. The van der Waals surface area contributed by atoms with Crippen molar-refractivity contribution in [3.63, 3.8) is 0 Å². The molecule has 0 atom stereocenters. The Labute approximate surface area is 151 Å². The Hall–Kier alpha value is -1.32. The number of alkyl halides is 3. The molecule has 1 N–H and O–H groups in total. The quantitative estimate of drug-likeness (QED) is 0.702. The first kappa shape index (κ1) is 19.0. The van der Waals surface area contributed by atoms with Gasteiger partial charge in [-0.1, -0.05) is 12.8 Å². The summed E-state index contributed by atoms with van der Waals surface area (Å²) >= 11 is 1.86. The molecular formula is C16H18F3IN2O2. The third-order valence-corrected chi connectivity index (χ3v) is 4.76. The van der Waals surface area contributed by atoms with Crippen molar-refractivity contribution in [1.82, 2.24) is 4.90 Å². The molecule has 1 aromatic rings. The minimum absolute atomic E-state index is 0.0800. The second kappa shape index (κ2) is 8.17. The molecule has 0 radical (unpaired) electrons. The van der Waals surface area contributed by atoms with Crippen LogP contribution in [0.1, 0.15) is 37.7 Å². The molecule has 0 aliphatic carbocycles. The number of amides is 2. The average Bonchev–Trinajstić information content (AvgIpc) is 2.48. The maximum Gasteiger partial charge on any atom is 0.416 e. The van der Waals surface area contributed by atoms with Crippen LogP contribution >= 0.6 is 22.6 Å². The molecule has 1 heterocycles. The summed E-state index contributed by atoms with van der Waals surface area (Å²) in [5.41, 5.74) is -0.713. The summed E-state index contributed by atoms with van der Waals surface area (Å²) in [6.07, 6.45) is -0.398. The zero-order chi connectivity index (χ0) is 17.7. The molecule has 1 saturated heterocycles. The Morgan fingerprint density at radius 1 is 1.21 bits per heavy atom. The Morgan fingerprint density at radius 3 is 2.62 bits per heavy atom. The Bertz CT molecular complexity index is 620. The number of anilines is 1. The molecule has 2 rings (SSSR count). The highest BCUT2D eigenvalue weighted by Crippen LogP contribution is 2.32. The lowest BCUT2D eigenvalue weighted by Gasteiger charge is -2.24. The maximum atomic E-state index is 12.8. The predicted molar refractivity (Wildman–Crippen MR) is 92.5 cm³/mol. The maximum absolute atomic E-state index is 12.8. The summed E-state index contributed by atoms with van der Waals surface area (Å²) < 4.78 is 38.8.